The van der Waals surface area contributed by atoms with Crippen LogP contribution in [0.5, 0.6) is 0 Å². The topological polar surface area (TPSA) is 104 Å². The fourth-order valence-corrected chi connectivity index (χ4v) is 9.81. The quantitative estimate of drug-likeness (QED) is 0.373. The van der Waals surface area contributed by atoms with Crippen LogP contribution in [-0.2, 0) is 14.3 Å². The van der Waals surface area contributed by atoms with E-state index in [9.17, 15) is 24.9 Å². The average molecular weight is 469 g/mol. The van der Waals surface area contributed by atoms with Crippen molar-refractivity contribution in [3.05, 3.63) is 34.9 Å². The largest absolute Gasteiger partial charge is 0.445 e. The molecule has 6 aliphatic rings. The number of carbonyl (C=O) groups excluding carboxylic acids is 2. The molecule has 184 valence electrons. The summed E-state index contributed by atoms with van der Waals surface area (Å²) in [4.78, 5) is 26.3. The number of aliphatic hydroxyl groups excluding tert-OH is 1. The molecule has 3 saturated carbocycles. The van der Waals surface area contributed by atoms with Crippen molar-refractivity contribution in [1.82, 2.24) is 0 Å². The standard InChI is InChI=1S/C28H36O6/c1-14-15(2)28(34-23(14)31)22(30)16(3)26(32)12-11-19-18-10-9-17-7-6-8-21(29)24(17,4)20(18)13-27(28,33)25(19,26)5/h6,8-9,16,18-20,22,30,32-33H,7,10-13H2,1-5H3/t16-,18+,19+,20+,22?,24+,25+,26+,27?,28?/m1/s1. The first-order valence-electron chi connectivity index (χ1n) is 12.8. The van der Waals surface area contributed by atoms with E-state index in [0.29, 0.717) is 30.4 Å². The Labute approximate surface area is 200 Å². The Hall–Kier alpha value is -1.76. The summed E-state index contributed by atoms with van der Waals surface area (Å²) in [5, 5.41) is 37.0. The smallest absolute Gasteiger partial charge is 0.334 e. The molecule has 1 spiro atoms. The third-order valence-electron chi connectivity index (χ3n) is 12.0. The molecule has 10 atom stereocenters. The second-order valence-corrected chi connectivity index (χ2v) is 12.4. The van der Waals surface area contributed by atoms with E-state index < -0.39 is 45.6 Å². The fraction of sp³-hybridized carbons (Fsp3) is 0.714. The Morgan fingerprint density at radius 2 is 1.82 bits per heavy atom. The van der Waals surface area contributed by atoms with E-state index >= 15 is 0 Å². The summed E-state index contributed by atoms with van der Waals surface area (Å²) in [6, 6.07) is 0. The van der Waals surface area contributed by atoms with Crippen LogP contribution in [0.4, 0.5) is 0 Å². The number of hydrogen-bond acceptors (Lipinski definition) is 6. The summed E-state index contributed by atoms with van der Waals surface area (Å²) in [5.74, 6) is -1.22. The number of hydrogen-bond donors (Lipinski definition) is 3. The van der Waals surface area contributed by atoms with Crippen LogP contribution in [-0.4, -0.2) is 50.0 Å². The van der Waals surface area contributed by atoms with E-state index in [1.54, 1.807) is 19.9 Å². The van der Waals surface area contributed by atoms with Crippen molar-refractivity contribution >= 4 is 11.8 Å². The summed E-state index contributed by atoms with van der Waals surface area (Å²) < 4.78 is 6.04. The predicted octanol–water partition coefficient (Wildman–Crippen LogP) is 3.01. The average Bonchev–Trinajstić information content (AvgIpc) is 3.21. The molecule has 0 bridgehead atoms. The SMILES string of the molecule is CC1=C(C)C2(OC1=O)C(O)[C@@H](C)[C@@]1(O)CC[C@H]3[C@@H]4CC=C5CC=CC(=O)[C@]5(C)[C@H]4CC2(O)[C@@]31C. The third-order valence-corrected chi connectivity index (χ3v) is 12.0. The predicted molar refractivity (Wildman–Crippen MR) is 124 cm³/mol. The summed E-state index contributed by atoms with van der Waals surface area (Å²) in [6.07, 6.45) is 7.40. The minimum atomic E-state index is -1.73. The van der Waals surface area contributed by atoms with E-state index in [2.05, 4.69) is 6.08 Å². The molecule has 0 aromatic heterocycles. The number of aliphatic hydroxyl groups is 3. The molecule has 1 aliphatic heterocycles. The van der Waals surface area contributed by atoms with Gasteiger partial charge in [-0.15, -0.1) is 0 Å². The van der Waals surface area contributed by atoms with Gasteiger partial charge in [0.15, 0.2) is 11.4 Å². The zero-order valence-corrected chi connectivity index (χ0v) is 20.7. The molecule has 6 nitrogen and oxygen atoms in total. The molecule has 0 amide bonds. The Morgan fingerprint density at radius 1 is 1.12 bits per heavy atom. The van der Waals surface area contributed by atoms with E-state index in [1.807, 2.05) is 26.8 Å². The lowest BCUT2D eigenvalue weighted by Gasteiger charge is -2.71. The van der Waals surface area contributed by atoms with Gasteiger partial charge in [0.05, 0.1) is 11.0 Å². The Bertz CT molecular complexity index is 1120. The van der Waals surface area contributed by atoms with Crippen LogP contribution < -0.4 is 0 Å². The normalized spacial score (nSPS) is 55.6. The summed E-state index contributed by atoms with van der Waals surface area (Å²) >= 11 is 0. The zero-order chi connectivity index (χ0) is 24.6. The van der Waals surface area contributed by atoms with Crippen molar-refractivity contribution in [3.63, 3.8) is 0 Å². The van der Waals surface area contributed by atoms with Crippen molar-refractivity contribution in [3.8, 4) is 0 Å². The molecule has 0 radical (unpaired) electrons. The van der Waals surface area contributed by atoms with Crippen LogP contribution in [0.3, 0.4) is 0 Å². The molecule has 6 heteroatoms. The van der Waals surface area contributed by atoms with E-state index in [0.717, 1.165) is 12.0 Å². The molecule has 5 aliphatic carbocycles. The lowest BCUT2D eigenvalue weighted by atomic mass is 9.36. The second-order valence-electron chi connectivity index (χ2n) is 12.4. The zero-order valence-electron chi connectivity index (χ0n) is 20.7. The highest BCUT2D eigenvalue weighted by atomic mass is 16.6. The van der Waals surface area contributed by atoms with Crippen LogP contribution in [0, 0.1) is 34.5 Å². The van der Waals surface area contributed by atoms with Gasteiger partial charge in [-0.3, -0.25) is 4.79 Å². The molecule has 0 aromatic carbocycles. The van der Waals surface area contributed by atoms with Gasteiger partial charge >= 0.3 is 5.97 Å². The van der Waals surface area contributed by atoms with E-state index in [1.165, 1.54) is 0 Å². The maximum absolute atomic E-state index is 13.4. The second kappa shape index (κ2) is 6.32. The van der Waals surface area contributed by atoms with Crippen LogP contribution >= 0.6 is 0 Å². The number of fused-ring (bicyclic) bond motifs is 5. The molecule has 3 N–H and O–H groups in total. The summed E-state index contributed by atoms with van der Waals surface area (Å²) in [6.45, 7) is 9.20. The Morgan fingerprint density at radius 3 is 2.47 bits per heavy atom. The summed E-state index contributed by atoms with van der Waals surface area (Å²) in [5.41, 5.74) is -4.42. The highest BCUT2D eigenvalue weighted by Gasteiger charge is 2.85. The van der Waals surface area contributed by atoms with Crippen LogP contribution in [0.1, 0.15) is 66.7 Å². The van der Waals surface area contributed by atoms with Gasteiger partial charge in [-0.05, 0) is 82.3 Å². The molecule has 0 saturated heterocycles. The molecule has 6 rings (SSSR count). The van der Waals surface area contributed by atoms with Gasteiger partial charge in [0.25, 0.3) is 0 Å². The van der Waals surface area contributed by atoms with Crippen LogP contribution in [0.15, 0.2) is 34.9 Å². The minimum absolute atomic E-state index is 0.0470. The maximum atomic E-state index is 13.4. The number of ether oxygens (including phenoxy) is 1. The highest BCUT2D eigenvalue weighted by molar-refractivity contribution is 5.98. The molecule has 0 aromatic rings. The van der Waals surface area contributed by atoms with Gasteiger partial charge in [-0.1, -0.05) is 31.6 Å². The van der Waals surface area contributed by atoms with Crippen molar-refractivity contribution in [2.75, 3.05) is 0 Å². The Kier molecular flexibility index (Phi) is 4.22. The van der Waals surface area contributed by atoms with Crippen molar-refractivity contribution in [2.24, 2.45) is 34.5 Å². The van der Waals surface area contributed by atoms with E-state index in [4.69, 9.17) is 4.74 Å². The number of allylic oxidation sites excluding steroid dienone is 4. The van der Waals surface area contributed by atoms with Gasteiger partial charge in [-0.25, -0.2) is 4.79 Å². The summed E-state index contributed by atoms with van der Waals surface area (Å²) in [7, 11) is 0. The molecular weight excluding hydrogens is 432 g/mol. The van der Waals surface area contributed by atoms with Gasteiger partial charge in [0, 0.05) is 16.9 Å². The highest BCUT2D eigenvalue weighted by Crippen LogP contribution is 2.76. The third kappa shape index (κ3) is 1.98. The molecule has 1 heterocycles. The van der Waals surface area contributed by atoms with E-state index in [-0.39, 0.29) is 30.0 Å². The van der Waals surface area contributed by atoms with Crippen LogP contribution in [0.25, 0.3) is 0 Å². The minimum Gasteiger partial charge on any atom is -0.445 e. The Balaban J connectivity index is 1.63. The number of esters is 1. The van der Waals surface area contributed by atoms with Crippen LogP contribution in [0.2, 0.25) is 0 Å². The maximum Gasteiger partial charge on any atom is 0.334 e. The number of rotatable bonds is 0. The first-order valence-corrected chi connectivity index (χ1v) is 12.8. The van der Waals surface area contributed by atoms with Gasteiger partial charge in [0.1, 0.15) is 11.7 Å². The lowest BCUT2D eigenvalue weighted by Crippen LogP contribution is -2.84. The first-order chi connectivity index (χ1) is 15.8. The number of carbonyl (C=O) groups is 2. The van der Waals surface area contributed by atoms with Gasteiger partial charge < -0.3 is 20.1 Å². The van der Waals surface area contributed by atoms with Crippen molar-refractivity contribution < 1.29 is 29.6 Å². The monoisotopic (exact) mass is 468 g/mol. The van der Waals surface area contributed by atoms with Gasteiger partial charge in [0.2, 0.25) is 0 Å². The van der Waals surface area contributed by atoms with Crippen molar-refractivity contribution in [1.29, 1.82) is 0 Å². The number of ketones is 1. The molecular formula is C28H36O6. The fourth-order valence-electron chi connectivity index (χ4n) is 9.81. The van der Waals surface area contributed by atoms with Crippen molar-refractivity contribution in [2.45, 2.75) is 89.6 Å². The first kappa shape index (κ1) is 22.7. The molecule has 3 fully saturated rings. The lowest BCUT2D eigenvalue weighted by molar-refractivity contribution is -0.356. The molecule has 34 heavy (non-hydrogen) atoms. The van der Waals surface area contributed by atoms with Gasteiger partial charge in [-0.2, -0.15) is 0 Å². The molecule has 3 unspecified atom stereocenters.